The first-order chi connectivity index (χ1) is 15.7. The number of carbonyl (C=O) groups is 2. The van der Waals surface area contributed by atoms with E-state index in [2.05, 4.69) is 10.2 Å². The van der Waals surface area contributed by atoms with Crippen LogP contribution in [-0.2, 0) is 4.79 Å². The number of piperazine rings is 1. The van der Waals surface area contributed by atoms with Crippen LogP contribution in [0.3, 0.4) is 0 Å². The lowest BCUT2D eigenvalue weighted by molar-refractivity contribution is -0.138. The molecule has 2 aliphatic rings. The molecular weight excluding hydrogens is 404 g/mol. The molecule has 2 aromatic carbocycles. The van der Waals surface area contributed by atoms with Crippen LogP contribution in [0.1, 0.15) is 12.8 Å². The van der Waals surface area contributed by atoms with E-state index in [0.29, 0.717) is 19.7 Å². The largest absolute Gasteiger partial charge is 0.492 e. The monoisotopic (exact) mass is 436 g/mol. The smallest absolute Gasteiger partial charge is 0.321 e. The number of likely N-dealkylation sites (tertiary alicyclic amines) is 1. The Bertz CT molecular complexity index is 861. The van der Waals surface area contributed by atoms with E-state index >= 15 is 0 Å². The van der Waals surface area contributed by atoms with Gasteiger partial charge in [-0.2, -0.15) is 0 Å². The molecular formula is C25H32N4O3. The number of benzene rings is 2. The summed E-state index contributed by atoms with van der Waals surface area (Å²) in [6.07, 6.45) is 1.46. The van der Waals surface area contributed by atoms with E-state index < -0.39 is 0 Å². The summed E-state index contributed by atoms with van der Waals surface area (Å²) in [5.74, 6) is 1.15. The van der Waals surface area contributed by atoms with E-state index in [0.717, 1.165) is 57.0 Å². The molecule has 0 saturated carbocycles. The summed E-state index contributed by atoms with van der Waals surface area (Å²) < 4.78 is 5.79. The van der Waals surface area contributed by atoms with Crippen molar-refractivity contribution >= 4 is 17.6 Å². The summed E-state index contributed by atoms with van der Waals surface area (Å²) in [4.78, 5) is 31.6. The van der Waals surface area contributed by atoms with Crippen LogP contribution >= 0.6 is 0 Å². The molecule has 7 heteroatoms. The Morgan fingerprint density at radius 3 is 2.09 bits per heavy atom. The Hall–Kier alpha value is -3.06. The average molecular weight is 437 g/mol. The Labute approximate surface area is 189 Å². The Balaban J connectivity index is 1.15. The van der Waals surface area contributed by atoms with Gasteiger partial charge in [-0.1, -0.05) is 36.4 Å². The molecule has 3 amide bonds. The third-order valence-electron chi connectivity index (χ3n) is 6.26. The number of anilines is 1. The van der Waals surface area contributed by atoms with Crippen LogP contribution in [0.25, 0.3) is 0 Å². The molecule has 4 rings (SSSR count). The van der Waals surface area contributed by atoms with Gasteiger partial charge in [0.1, 0.15) is 12.4 Å². The number of para-hydroxylation sites is 2. The van der Waals surface area contributed by atoms with Crippen molar-refractivity contribution in [1.82, 2.24) is 14.7 Å². The molecule has 32 heavy (non-hydrogen) atoms. The third-order valence-corrected chi connectivity index (χ3v) is 6.26. The minimum atomic E-state index is -0.0894. The van der Waals surface area contributed by atoms with Gasteiger partial charge in [0.25, 0.3) is 0 Å². The summed E-state index contributed by atoms with van der Waals surface area (Å²) >= 11 is 0. The molecule has 0 aliphatic carbocycles. The van der Waals surface area contributed by atoms with E-state index in [9.17, 15) is 9.59 Å². The Morgan fingerprint density at radius 2 is 1.44 bits per heavy atom. The van der Waals surface area contributed by atoms with Gasteiger partial charge in [-0.05, 0) is 37.1 Å². The minimum Gasteiger partial charge on any atom is -0.492 e. The van der Waals surface area contributed by atoms with Crippen LogP contribution < -0.4 is 10.1 Å². The van der Waals surface area contributed by atoms with Gasteiger partial charge in [-0.15, -0.1) is 0 Å². The fourth-order valence-corrected chi connectivity index (χ4v) is 4.31. The second-order valence-corrected chi connectivity index (χ2v) is 8.39. The summed E-state index contributed by atoms with van der Waals surface area (Å²) in [6, 6.07) is 19.2. The maximum absolute atomic E-state index is 13.0. The molecule has 0 spiro atoms. The maximum Gasteiger partial charge on any atom is 0.321 e. The number of amides is 3. The van der Waals surface area contributed by atoms with Crippen molar-refractivity contribution < 1.29 is 14.3 Å². The number of ether oxygens (including phenoxy) is 1. The van der Waals surface area contributed by atoms with Gasteiger partial charge in [-0.3, -0.25) is 9.69 Å². The van der Waals surface area contributed by atoms with E-state index in [1.165, 1.54) is 0 Å². The molecule has 2 heterocycles. The zero-order chi connectivity index (χ0) is 22.2. The predicted molar refractivity (Wildman–Crippen MR) is 125 cm³/mol. The molecule has 0 bridgehead atoms. The molecule has 0 aromatic heterocycles. The van der Waals surface area contributed by atoms with E-state index in [-0.39, 0.29) is 17.9 Å². The highest BCUT2D eigenvalue weighted by Crippen LogP contribution is 2.21. The van der Waals surface area contributed by atoms with Crippen molar-refractivity contribution in [2.45, 2.75) is 12.8 Å². The number of nitrogens with one attached hydrogen (secondary N) is 1. The van der Waals surface area contributed by atoms with Gasteiger partial charge in [0.2, 0.25) is 5.91 Å². The molecule has 0 unspecified atom stereocenters. The first-order valence-corrected chi connectivity index (χ1v) is 11.5. The first kappa shape index (κ1) is 22.1. The van der Waals surface area contributed by atoms with Crippen molar-refractivity contribution in [3.05, 3.63) is 60.7 Å². The molecule has 0 radical (unpaired) electrons. The summed E-state index contributed by atoms with van der Waals surface area (Å²) in [6.45, 7) is 6.03. The molecule has 7 nitrogen and oxygen atoms in total. The Morgan fingerprint density at radius 1 is 0.812 bits per heavy atom. The van der Waals surface area contributed by atoms with Crippen LogP contribution in [-0.4, -0.2) is 79.1 Å². The van der Waals surface area contributed by atoms with Crippen LogP contribution in [0.15, 0.2) is 60.7 Å². The average Bonchev–Trinajstić information content (AvgIpc) is 2.85. The lowest BCUT2D eigenvalue weighted by Gasteiger charge is -2.38. The van der Waals surface area contributed by atoms with Crippen molar-refractivity contribution in [3.63, 3.8) is 0 Å². The number of hydrogen-bond donors (Lipinski definition) is 1. The fraction of sp³-hybridized carbons (Fsp3) is 0.440. The molecule has 170 valence electrons. The molecule has 2 aliphatic heterocycles. The first-order valence-electron chi connectivity index (χ1n) is 11.5. The standard InChI is InChI=1S/C25H32N4O3/c30-24(21-11-13-29(14-12-21)25(31)26-22-7-3-1-4-8-22)28-17-15-27(16-18-28)19-20-32-23-9-5-2-6-10-23/h1-10,21H,11-20H2,(H,26,31). The number of rotatable bonds is 6. The minimum absolute atomic E-state index is 0.0174. The highest BCUT2D eigenvalue weighted by molar-refractivity contribution is 5.89. The van der Waals surface area contributed by atoms with Crippen molar-refractivity contribution in [2.24, 2.45) is 5.92 Å². The molecule has 2 saturated heterocycles. The third kappa shape index (κ3) is 6.01. The van der Waals surface area contributed by atoms with Gasteiger partial charge in [0.05, 0.1) is 0 Å². The Kier molecular flexibility index (Phi) is 7.61. The summed E-state index contributed by atoms with van der Waals surface area (Å²) in [7, 11) is 0. The van der Waals surface area contributed by atoms with Gasteiger partial charge in [-0.25, -0.2) is 4.79 Å². The van der Waals surface area contributed by atoms with Crippen LogP contribution in [0.4, 0.5) is 10.5 Å². The summed E-state index contributed by atoms with van der Waals surface area (Å²) in [5.41, 5.74) is 0.794. The predicted octanol–water partition coefficient (Wildman–Crippen LogP) is 3.15. The topological polar surface area (TPSA) is 65.1 Å². The van der Waals surface area contributed by atoms with E-state index in [4.69, 9.17) is 4.74 Å². The second kappa shape index (κ2) is 11.0. The van der Waals surface area contributed by atoms with Gasteiger partial charge in [0, 0.05) is 57.4 Å². The normalized spacial score (nSPS) is 17.8. The number of nitrogens with zero attached hydrogens (tertiary/aromatic N) is 3. The number of piperidine rings is 1. The lowest BCUT2D eigenvalue weighted by Crippen LogP contribution is -2.52. The van der Waals surface area contributed by atoms with E-state index in [1.54, 1.807) is 4.90 Å². The van der Waals surface area contributed by atoms with Crippen molar-refractivity contribution in [3.8, 4) is 5.75 Å². The van der Waals surface area contributed by atoms with Crippen LogP contribution in [0.5, 0.6) is 5.75 Å². The number of urea groups is 1. The van der Waals surface area contributed by atoms with Crippen molar-refractivity contribution in [2.75, 3.05) is 57.7 Å². The van der Waals surface area contributed by atoms with Crippen LogP contribution in [0, 0.1) is 5.92 Å². The van der Waals surface area contributed by atoms with Crippen molar-refractivity contribution in [1.29, 1.82) is 0 Å². The van der Waals surface area contributed by atoms with Crippen LogP contribution in [0.2, 0.25) is 0 Å². The summed E-state index contributed by atoms with van der Waals surface area (Å²) in [5, 5.41) is 2.93. The number of carbonyl (C=O) groups excluding carboxylic acids is 2. The van der Waals surface area contributed by atoms with Gasteiger partial charge < -0.3 is 19.9 Å². The molecule has 2 fully saturated rings. The molecule has 0 atom stereocenters. The van der Waals surface area contributed by atoms with Gasteiger partial charge in [0.15, 0.2) is 0 Å². The highest BCUT2D eigenvalue weighted by Gasteiger charge is 2.31. The zero-order valence-electron chi connectivity index (χ0n) is 18.5. The fourth-order valence-electron chi connectivity index (χ4n) is 4.31. The van der Waals surface area contributed by atoms with Gasteiger partial charge >= 0.3 is 6.03 Å². The maximum atomic E-state index is 13.0. The quantitative estimate of drug-likeness (QED) is 0.756. The number of hydrogen-bond acceptors (Lipinski definition) is 4. The molecule has 1 N–H and O–H groups in total. The lowest BCUT2D eigenvalue weighted by atomic mass is 9.95. The highest BCUT2D eigenvalue weighted by atomic mass is 16.5. The van der Waals surface area contributed by atoms with E-state index in [1.807, 2.05) is 65.6 Å². The second-order valence-electron chi connectivity index (χ2n) is 8.39. The zero-order valence-corrected chi connectivity index (χ0v) is 18.5. The SMILES string of the molecule is O=C(Nc1ccccc1)N1CCC(C(=O)N2CCN(CCOc3ccccc3)CC2)CC1. The molecule has 2 aromatic rings.